The molecule has 2 N–H and O–H groups in total. The van der Waals surface area contributed by atoms with Crippen LogP contribution in [-0.4, -0.2) is 25.6 Å². The van der Waals surface area contributed by atoms with Gasteiger partial charge in [-0.05, 0) is 41.0 Å². The minimum Gasteiger partial charge on any atom is -0.369 e. The summed E-state index contributed by atoms with van der Waals surface area (Å²) < 4.78 is 64.4. The summed E-state index contributed by atoms with van der Waals surface area (Å²) >= 11 is 12.2. The molecule has 1 unspecified atom stereocenters. The van der Waals surface area contributed by atoms with Gasteiger partial charge in [-0.1, -0.05) is 53.5 Å². The number of aromatic nitrogens is 1. The highest BCUT2D eigenvalue weighted by Gasteiger charge is 2.33. The molecule has 0 aliphatic heterocycles. The molecule has 3 aromatic rings. The molecule has 12 heteroatoms. The van der Waals surface area contributed by atoms with Crippen LogP contribution < -0.4 is 10.0 Å². The maximum absolute atomic E-state index is 12.8. The fourth-order valence-electron chi connectivity index (χ4n) is 3.32. The number of hydrogen-bond donors (Lipinski definition) is 1. The molecule has 0 aliphatic rings. The SMILES string of the molecule is CS(=O)(=O)N(Cc1cccc(Cl)c1Cl)c1ccc(C(C(N)=O)c2ccc(C(F)(F)F)nc2)cc1. The van der Waals surface area contributed by atoms with Crippen molar-refractivity contribution in [3.8, 4) is 0 Å². The molecule has 0 fully saturated rings. The summed E-state index contributed by atoms with van der Waals surface area (Å²) in [6.45, 7) is -0.0976. The minimum atomic E-state index is -4.62. The maximum atomic E-state index is 12.8. The van der Waals surface area contributed by atoms with Crippen molar-refractivity contribution in [3.63, 3.8) is 0 Å². The number of nitrogens with zero attached hydrogens (tertiary/aromatic N) is 2. The highest BCUT2D eigenvalue weighted by molar-refractivity contribution is 7.92. The van der Waals surface area contributed by atoms with E-state index in [-0.39, 0.29) is 27.8 Å². The molecule has 34 heavy (non-hydrogen) atoms. The smallest absolute Gasteiger partial charge is 0.369 e. The van der Waals surface area contributed by atoms with Gasteiger partial charge < -0.3 is 5.73 Å². The van der Waals surface area contributed by atoms with Crippen molar-refractivity contribution >= 4 is 44.8 Å². The van der Waals surface area contributed by atoms with Crippen molar-refractivity contribution in [3.05, 3.63) is 93.2 Å². The van der Waals surface area contributed by atoms with Gasteiger partial charge in [0.1, 0.15) is 5.69 Å². The number of anilines is 1. The third-order valence-corrected chi connectivity index (χ3v) is 6.95. The largest absolute Gasteiger partial charge is 0.433 e. The number of pyridine rings is 1. The molecule has 180 valence electrons. The Bertz CT molecular complexity index is 1300. The van der Waals surface area contributed by atoms with Crippen LogP contribution >= 0.6 is 23.2 Å². The average Bonchev–Trinajstić information content (AvgIpc) is 2.74. The maximum Gasteiger partial charge on any atom is 0.433 e. The summed E-state index contributed by atoms with van der Waals surface area (Å²) in [7, 11) is -3.74. The lowest BCUT2D eigenvalue weighted by atomic mass is 9.91. The van der Waals surface area contributed by atoms with Crippen molar-refractivity contribution in [2.75, 3.05) is 10.6 Å². The first-order valence-electron chi connectivity index (χ1n) is 9.62. The van der Waals surface area contributed by atoms with E-state index in [2.05, 4.69) is 4.98 Å². The lowest BCUT2D eigenvalue weighted by molar-refractivity contribution is -0.141. The van der Waals surface area contributed by atoms with Crippen LogP contribution in [-0.2, 0) is 27.5 Å². The van der Waals surface area contributed by atoms with E-state index >= 15 is 0 Å². The van der Waals surface area contributed by atoms with E-state index in [0.29, 0.717) is 11.1 Å². The zero-order valence-corrected chi connectivity index (χ0v) is 19.9. The zero-order chi connectivity index (χ0) is 25.3. The van der Waals surface area contributed by atoms with E-state index in [1.165, 1.54) is 24.3 Å². The quantitative estimate of drug-likeness (QED) is 0.464. The predicted octanol–water partition coefficient (Wildman–Crippen LogP) is 4.99. The van der Waals surface area contributed by atoms with Gasteiger partial charge in [0.05, 0.1) is 34.5 Å². The molecule has 0 saturated heterocycles. The Labute approximate surface area is 204 Å². The Hall–Kier alpha value is -2.82. The molecule has 0 radical (unpaired) electrons. The van der Waals surface area contributed by atoms with E-state index in [9.17, 15) is 26.4 Å². The first-order chi connectivity index (χ1) is 15.8. The number of carbonyl (C=O) groups is 1. The Morgan fingerprint density at radius 2 is 1.68 bits per heavy atom. The molecule has 1 amide bonds. The molecule has 0 spiro atoms. The number of halogens is 5. The van der Waals surface area contributed by atoms with Gasteiger partial charge >= 0.3 is 6.18 Å². The molecule has 1 aromatic heterocycles. The first-order valence-corrected chi connectivity index (χ1v) is 12.2. The molecule has 2 aromatic carbocycles. The topological polar surface area (TPSA) is 93.4 Å². The van der Waals surface area contributed by atoms with E-state index in [0.717, 1.165) is 28.9 Å². The molecule has 3 rings (SSSR count). The summed E-state index contributed by atoms with van der Waals surface area (Å²) in [5.74, 6) is -1.89. The van der Waals surface area contributed by atoms with Crippen LogP contribution in [0.5, 0.6) is 0 Å². The van der Waals surface area contributed by atoms with Gasteiger partial charge in [-0.3, -0.25) is 14.1 Å². The number of rotatable bonds is 7. The van der Waals surface area contributed by atoms with Crippen molar-refractivity contribution in [2.45, 2.75) is 18.6 Å². The highest BCUT2D eigenvalue weighted by Crippen LogP contribution is 2.32. The molecule has 0 aliphatic carbocycles. The highest BCUT2D eigenvalue weighted by atomic mass is 35.5. The molecule has 1 heterocycles. The second-order valence-corrected chi connectivity index (χ2v) is 10.1. The van der Waals surface area contributed by atoms with Crippen LogP contribution in [0.25, 0.3) is 0 Å². The monoisotopic (exact) mass is 531 g/mol. The normalized spacial score (nSPS) is 12.9. The Balaban J connectivity index is 1.95. The molecule has 0 bridgehead atoms. The fourth-order valence-corrected chi connectivity index (χ4v) is 4.58. The number of carbonyl (C=O) groups excluding carboxylic acids is 1. The number of benzene rings is 2. The number of primary amides is 1. The third kappa shape index (κ3) is 5.81. The Morgan fingerprint density at radius 1 is 1.06 bits per heavy atom. The number of sulfonamides is 1. The van der Waals surface area contributed by atoms with Gasteiger partial charge in [0.25, 0.3) is 0 Å². The van der Waals surface area contributed by atoms with Crippen molar-refractivity contribution < 1.29 is 26.4 Å². The van der Waals surface area contributed by atoms with Crippen molar-refractivity contribution in [1.29, 1.82) is 0 Å². The van der Waals surface area contributed by atoms with Crippen LogP contribution in [0.2, 0.25) is 10.0 Å². The molecule has 0 saturated carbocycles. The van der Waals surface area contributed by atoms with E-state index < -0.39 is 33.7 Å². The van der Waals surface area contributed by atoms with Crippen LogP contribution in [0, 0.1) is 0 Å². The number of amides is 1. The van der Waals surface area contributed by atoms with E-state index in [4.69, 9.17) is 28.9 Å². The molecular weight excluding hydrogens is 514 g/mol. The Kier molecular flexibility index (Phi) is 7.44. The van der Waals surface area contributed by atoms with Crippen LogP contribution in [0.3, 0.4) is 0 Å². The first kappa shape index (κ1) is 25.8. The zero-order valence-electron chi connectivity index (χ0n) is 17.6. The summed E-state index contributed by atoms with van der Waals surface area (Å²) in [5.41, 5.74) is 5.68. The van der Waals surface area contributed by atoms with Crippen LogP contribution in [0.4, 0.5) is 18.9 Å². The van der Waals surface area contributed by atoms with Gasteiger partial charge in [-0.2, -0.15) is 13.2 Å². The second kappa shape index (κ2) is 9.81. The third-order valence-electron chi connectivity index (χ3n) is 4.95. The molecular formula is C22H18Cl2F3N3O3S. The van der Waals surface area contributed by atoms with Crippen LogP contribution in [0.1, 0.15) is 28.3 Å². The van der Waals surface area contributed by atoms with Gasteiger partial charge in [0.15, 0.2) is 0 Å². The number of nitrogens with two attached hydrogens (primary N) is 1. The second-order valence-electron chi connectivity index (χ2n) is 7.38. The lowest BCUT2D eigenvalue weighted by Gasteiger charge is -2.24. The standard InChI is InChI=1S/C22H18Cl2F3N3O3S/c1-34(32,33)30(12-15-3-2-4-17(23)20(15)24)16-8-5-13(6-9-16)19(21(28)31)14-7-10-18(29-11-14)22(25,26)27/h2-11,19H,12H2,1H3,(H2,28,31). The minimum absolute atomic E-state index is 0.0976. The van der Waals surface area contributed by atoms with E-state index in [1.54, 1.807) is 18.2 Å². The summed E-state index contributed by atoms with van der Waals surface area (Å²) in [5, 5.41) is 0.496. The van der Waals surface area contributed by atoms with Crippen molar-refractivity contribution in [2.24, 2.45) is 5.73 Å². The van der Waals surface area contributed by atoms with Crippen molar-refractivity contribution in [1.82, 2.24) is 4.98 Å². The van der Waals surface area contributed by atoms with Gasteiger partial charge in [0, 0.05) is 6.20 Å². The van der Waals surface area contributed by atoms with E-state index in [1.807, 2.05) is 0 Å². The summed E-state index contributed by atoms with van der Waals surface area (Å²) in [6, 6.07) is 12.6. The summed E-state index contributed by atoms with van der Waals surface area (Å²) in [4.78, 5) is 15.5. The Morgan fingerprint density at radius 3 is 2.18 bits per heavy atom. The predicted molar refractivity (Wildman–Crippen MR) is 124 cm³/mol. The fraction of sp³-hybridized carbons (Fsp3) is 0.182. The van der Waals surface area contributed by atoms with Gasteiger partial charge in [0.2, 0.25) is 15.9 Å². The number of alkyl halides is 3. The van der Waals surface area contributed by atoms with Crippen LogP contribution in [0.15, 0.2) is 60.8 Å². The molecule has 6 nitrogen and oxygen atoms in total. The van der Waals surface area contributed by atoms with Gasteiger partial charge in [-0.25, -0.2) is 8.42 Å². The number of hydrogen-bond acceptors (Lipinski definition) is 4. The average molecular weight is 532 g/mol. The summed E-state index contributed by atoms with van der Waals surface area (Å²) in [6.07, 6.45) is -2.65. The van der Waals surface area contributed by atoms with Gasteiger partial charge in [-0.15, -0.1) is 0 Å². The molecule has 1 atom stereocenters. The lowest BCUT2D eigenvalue weighted by Crippen LogP contribution is -2.29.